The van der Waals surface area contributed by atoms with Gasteiger partial charge in [0.05, 0.1) is 0 Å². The quantitative estimate of drug-likeness (QED) is 0.923. The van der Waals surface area contributed by atoms with Crippen LogP contribution < -0.4 is 5.32 Å². The molecule has 1 atom stereocenters. The fraction of sp³-hybridized carbons (Fsp3) is 0.667. The minimum atomic E-state index is 0.704. The molecule has 2 heterocycles. The summed E-state index contributed by atoms with van der Waals surface area (Å²) in [5, 5.41) is 3.47. The van der Waals surface area contributed by atoms with Gasteiger partial charge in [-0.15, -0.1) is 11.3 Å². The van der Waals surface area contributed by atoms with Gasteiger partial charge in [0.25, 0.3) is 0 Å². The number of aryl methyl sites for hydroxylation is 1. The fourth-order valence-corrected chi connectivity index (χ4v) is 3.85. The van der Waals surface area contributed by atoms with Gasteiger partial charge < -0.3 is 5.32 Å². The number of piperidine rings is 1. The molecular weight excluding hydrogens is 284 g/mol. The van der Waals surface area contributed by atoms with E-state index in [1.165, 1.54) is 33.6 Å². The lowest BCUT2D eigenvalue weighted by Crippen LogP contribution is -2.43. The molecule has 1 fully saturated rings. The van der Waals surface area contributed by atoms with Crippen LogP contribution in [0.4, 0.5) is 0 Å². The van der Waals surface area contributed by atoms with Crippen LogP contribution in [0.15, 0.2) is 10.5 Å². The number of likely N-dealkylation sites (N-methyl/N-ethyl adjacent to an activating group) is 1. The number of thiophene rings is 1. The Morgan fingerprint density at radius 2 is 2.44 bits per heavy atom. The maximum Gasteiger partial charge on any atom is 0.0328 e. The van der Waals surface area contributed by atoms with Gasteiger partial charge in [-0.2, -0.15) is 0 Å². The summed E-state index contributed by atoms with van der Waals surface area (Å²) in [5.41, 5.74) is 0. The third kappa shape index (κ3) is 3.06. The highest BCUT2D eigenvalue weighted by Crippen LogP contribution is 2.27. The molecule has 1 saturated heterocycles. The normalized spacial score (nSPS) is 21.6. The van der Waals surface area contributed by atoms with Gasteiger partial charge in [0.15, 0.2) is 0 Å². The zero-order valence-electron chi connectivity index (χ0n) is 9.92. The molecule has 2 nitrogen and oxygen atoms in total. The Morgan fingerprint density at radius 3 is 3.00 bits per heavy atom. The van der Waals surface area contributed by atoms with Crippen molar-refractivity contribution in [2.45, 2.75) is 32.4 Å². The Morgan fingerprint density at radius 1 is 1.62 bits per heavy atom. The van der Waals surface area contributed by atoms with Crippen molar-refractivity contribution < 1.29 is 0 Å². The number of rotatable bonds is 3. The van der Waals surface area contributed by atoms with Crippen molar-refractivity contribution in [2.75, 3.05) is 20.1 Å². The first-order chi connectivity index (χ1) is 7.66. The molecule has 1 N–H and O–H groups in total. The number of nitrogens with zero attached hydrogens (tertiary/aromatic N) is 1. The molecular formula is C12H19BrN2S. The smallest absolute Gasteiger partial charge is 0.0328 e. The number of halogens is 1. The van der Waals surface area contributed by atoms with E-state index in [0.717, 1.165) is 13.1 Å². The summed E-state index contributed by atoms with van der Waals surface area (Å²) in [6.45, 7) is 5.57. The Hall–Kier alpha value is 0.100. The minimum Gasteiger partial charge on any atom is -0.315 e. The Labute approximate surface area is 110 Å². The second kappa shape index (κ2) is 5.63. The molecule has 90 valence electrons. The van der Waals surface area contributed by atoms with Crippen LogP contribution in [0, 0.1) is 6.92 Å². The predicted molar refractivity (Wildman–Crippen MR) is 74.1 cm³/mol. The Kier molecular flexibility index (Phi) is 4.41. The van der Waals surface area contributed by atoms with Crippen molar-refractivity contribution >= 4 is 27.3 Å². The lowest BCUT2D eigenvalue weighted by Gasteiger charge is -2.31. The molecule has 1 aromatic rings. The molecule has 0 amide bonds. The first-order valence-electron chi connectivity index (χ1n) is 5.82. The van der Waals surface area contributed by atoms with Gasteiger partial charge in [0.2, 0.25) is 0 Å². The first-order valence-corrected chi connectivity index (χ1v) is 7.43. The molecule has 4 heteroatoms. The monoisotopic (exact) mass is 302 g/mol. The number of hydrogen-bond donors (Lipinski definition) is 1. The highest BCUT2D eigenvalue weighted by Gasteiger charge is 2.18. The largest absolute Gasteiger partial charge is 0.315 e. The molecule has 0 radical (unpaired) electrons. The highest BCUT2D eigenvalue weighted by atomic mass is 79.9. The van der Waals surface area contributed by atoms with E-state index in [2.05, 4.69) is 46.2 Å². The second-order valence-corrected chi connectivity index (χ2v) is 6.73. The van der Waals surface area contributed by atoms with Crippen molar-refractivity contribution in [1.29, 1.82) is 0 Å². The molecule has 1 aliphatic heterocycles. The van der Waals surface area contributed by atoms with E-state index in [1.807, 2.05) is 11.3 Å². The standard InChI is InChI=1S/C12H19BrN2S/c1-9-12(13)6-11(16-9)8-15(2)10-4-3-5-14-7-10/h6,10,14H,3-5,7-8H2,1-2H3. The maximum atomic E-state index is 3.58. The van der Waals surface area contributed by atoms with Crippen molar-refractivity contribution in [3.8, 4) is 0 Å². The van der Waals surface area contributed by atoms with Crippen molar-refractivity contribution in [2.24, 2.45) is 0 Å². The van der Waals surface area contributed by atoms with E-state index in [1.54, 1.807) is 0 Å². The van der Waals surface area contributed by atoms with Crippen LogP contribution in [-0.4, -0.2) is 31.1 Å². The molecule has 1 aliphatic rings. The minimum absolute atomic E-state index is 0.704. The summed E-state index contributed by atoms with van der Waals surface area (Å²) in [6.07, 6.45) is 2.64. The predicted octanol–water partition coefficient (Wildman–Crippen LogP) is 3.00. The van der Waals surface area contributed by atoms with Gasteiger partial charge in [0.1, 0.15) is 0 Å². The van der Waals surface area contributed by atoms with Crippen LogP contribution in [0.1, 0.15) is 22.6 Å². The summed E-state index contributed by atoms with van der Waals surface area (Å²) in [4.78, 5) is 5.31. The molecule has 0 spiro atoms. The third-order valence-corrected chi connectivity index (χ3v) is 5.33. The fourth-order valence-electron chi connectivity index (χ4n) is 2.18. The maximum absolute atomic E-state index is 3.58. The Bertz CT molecular complexity index is 325. The van der Waals surface area contributed by atoms with E-state index in [0.29, 0.717) is 6.04 Å². The van der Waals surface area contributed by atoms with Gasteiger partial charge in [-0.3, -0.25) is 4.90 Å². The van der Waals surface area contributed by atoms with Crippen LogP contribution in [0.5, 0.6) is 0 Å². The van der Waals surface area contributed by atoms with Gasteiger partial charge >= 0.3 is 0 Å². The van der Waals surface area contributed by atoms with Gasteiger partial charge in [-0.1, -0.05) is 0 Å². The van der Waals surface area contributed by atoms with Crippen LogP contribution in [0.25, 0.3) is 0 Å². The second-order valence-electron chi connectivity index (χ2n) is 4.53. The molecule has 0 saturated carbocycles. The molecule has 16 heavy (non-hydrogen) atoms. The molecule has 0 aromatic carbocycles. The van der Waals surface area contributed by atoms with Crippen LogP contribution in [0.3, 0.4) is 0 Å². The van der Waals surface area contributed by atoms with Gasteiger partial charge in [-0.25, -0.2) is 0 Å². The average molecular weight is 303 g/mol. The van der Waals surface area contributed by atoms with E-state index in [9.17, 15) is 0 Å². The van der Waals surface area contributed by atoms with Crippen LogP contribution >= 0.6 is 27.3 Å². The van der Waals surface area contributed by atoms with Crippen molar-refractivity contribution in [3.05, 3.63) is 20.3 Å². The van der Waals surface area contributed by atoms with E-state index < -0.39 is 0 Å². The molecule has 0 aliphatic carbocycles. The average Bonchev–Trinajstić information content (AvgIpc) is 2.59. The lowest BCUT2D eigenvalue weighted by atomic mass is 10.1. The molecule has 0 bridgehead atoms. The van der Waals surface area contributed by atoms with Gasteiger partial charge in [0, 0.05) is 33.4 Å². The van der Waals surface area contributed by atoms with Gasteiger partial charge in [-0.05, 0) is 55.4 Å². The zero-order valence-corrected chi connectivity index (χ0v) is 12.3. The third-order valence-electron chi connectivity index (χ3n) is 3.21. The summed E-state index contributed by atoms with van der Waals surface area (Å²) in [7, 11) is 2.24. The first kappa shape index (κ1) is 12.6. The summed E-state index contributed by atoms with van der Waals surface area (Å²) >= 11 is 5.48. The van der Waals surface area contributed by atoms with Crippen molar-refractivity contribution in [1.82, 2.24) is 10.2 Å². The summed E-state index contributed by atoms with van der Waals surface area (Å²) in [5.74, 6) is 0. The molecule has 1 unspecified atom stereocenters. The Balaban J connectivity index is 1.93. The highest BCUT2D eigenvalue weighted by molar-refractivity contribution is 9.10. The zero-order chi connectivity index (χ0) is 11.5. The lowest BCUT2D eigenvalue weighted by molar-refractivity contribution is 0.197. The molecule has 2 rings (SSSR count). The van der Waals surface area contributed by atoms with E-state index in [-0.39, 0.29) is 0 Å². The van der Waals surface area contributed by atoms with Crippen LogP contribution in [0.2, 0.25) is 0 Å². The number of hydrogen-bond acceptors (Lipinski definition) is 3. The molecule has 1 aromatic heterocycles. The van der Waals surface area contributed by atoms with Crippen LogP contribution in [-0.2, 0) is 6.54 Å². The van der Waals surface area contributed by atoms with E-state index >= 15 is 0 Å². The summed E-state index contributed by atoms with van der Waals surface area (Å²) < 4.78 is 1.25. The van der Waals surface area contributed by atoms with Crippen molar-refractivity contribution in [3.63, 3.8) is 0 Å². The summed E-state index contributed by atoms with van der Waals surface area (Å²) in [6, 6.07) is 2.96. The SMILES string of the molecule is Cc1sc(CN(C)C2CCCNC2)cc1Br. The topological polar surface area (TPSA) is 15.3 Å². The number of nitrogens with one attached hydrogen (secondary N) is 1. The van der Waals surface area contributed by atoms with E-state index in [4.69, 9.17) is 0 Å².